The average Bonchev–Trinajstić information content (AvgIpc) is 2.68. The van der Waals surface area contributed by atoms with Crippen molar-refractivity contribution in [2.24, 2.45) is 7.05 Å². The van der Waals surface area contributed by atoms with Crippen LogP contribution in [0.1, 0.15) is 11.1 Å². The van der Waals surface area contributed by atoms with Gasteiger partial charge in [0.15, 0.2) is 5.65 Å². The summed E-state index contributed by atoms with van der Waals surface area (Å²) in [7, 11) is 1.87. The number of aromatic nitrogens is 4. The van der Waals surface area contributed by atoms with Crippen LogP contribution in [0.3, 0.4) is 0 Å². The van der Waals surface area contributed by atoms with Crippen LogP contribution in [0.25, 0.3) is 22.3 Å². The molecule has 0 aliphatic heterocycles. The number of nitrogens with two attached hydrogens (primary N) is 1. The Bertz CT molecular complexity index is 753. The quantitative estimate of drug-likeness (QED) is 0.722. The first-order valence-electron chi connectivity index (χ1n) is 6.09. The Morgan fingerprint density at radius 2 is 1.79 bits per heavy atom. The molecular weight excluding hydrogens is 238 g/mol. The lowest BCUT2D eigenvalue weighted by molar-refractivity contribution is 0.788. The highest BCUT2D eigenvalue weighted by atomic mass is 15.3. The lowest BCUT2D eigenvalue weighted by Crippen LogP contribution is -1.95. The van der Waals surface area contributed by atoms with Crippen LogP contribution < -0.4 is 5.73 Å². The summed E-state index contributed by atoms with van der Waals surface area (Å²) in [6.45, 7) is 4.14. The van der Waals surface area contributed by atoms with Crippen LogP contribution in [0.2, 0.25) is 0 Å². The van der Waals surface area contributed by atoms with Crippen LogP contribution in [0.5, 0.6) is 0 Å². The van der Waals surface area contributed by atoms with Crippen molar-refractivity contribution in [1.82, 2.24) is 19.7 Å². The molecule has 0 saturated carbocycles. The second-order valence-electron chi connectivity index (χ2n) is 4.70. The third-order valence-corrected chi connectivity index (χ3v) is 3.37. The molecule has 3 aromatic rings. The SMILES string of the molecule is Cc1cccc(C)c1-c1nn(C)c2ncnc(N)c12. The fourth-order valence-corrected chi connectivity index (χ4v) is 2.47. The minimum atomic E-state index is 0.468. The summed E-state index contributed by atoms with van der Waals surface area (Å²) in [6, 6.07) is 6.19. The van der Waals surface area contributed by atoms with E-state index in [-0.39, 0.29) is 0 Å². The minimum Gasteiger partial charge on any atom is -0.383 e. The van der Waals surface area contributed by atoms with E-state index in [4.69, 9.17) is 5.73 Å². The van der Waals surface area contributed by atoms with Gasteiger partial charge in [0.2, 0.25) is 0 Å². The molecule has 0 bridgehead atoms. The molecule has 1 aromatic carbocycles. The summed E-state index contributed by atoms with van der Waals surface area (Å²) >= 11 is 0. The van der Waals surface area contributed by atoms with E-state index >= 15 is 0 Å². The minimum absolute atomic E-state index is 0.468. The zero-order valence-corrected chi connectivity index (χ0v) is 11.2. The summed E-state index contributed by atoms with van der Waals surface area (Å²) in [5.41, 5.74) is 11.1. The van der Waals surface area contributed by atoms with Crippen LogP contribution in [0.4, 0.5) is 5.82 Å². The maximum absolute atomic E-state index is 6.00. The standard InChI is InChI=1S/C14H15N5/c1-8-5-4-6-9(2)10(8)12-11-13(15)16-7-17-14(11)19(3)18-12/h4-7H,1-3H3,(H2,15,16,17). The van der Waals surface area contributed by atoms with E-state index in [1.165, 1.54) is 17.5 Å². The molecule has 2 N–H and O–H groups in total. The van der Waals surface area contributed by atoms with Gasteiger partial charge in [0, 0.05) is 12.6 Å². The number of benzene rings is 1. The van der Waals surface area contributed by atoms with E-state index in [1.807, 2.05) is 13.1 Å². The zero-order chi connectivity index (χ0) is 13.6. The van der Waals surface area contributed by atoms with Crippen LogP contribution >= 0.6 is 0 Å². The summed E-state index contributed by atoms with van der Waals surface area (Å²) in [5, 5.41) is 5.40. The Morgan fingerprint density at radius 3 is 2.47 bits per heavy atom. The van der Waals surface area contributed by atoms with Gasteiger partial charge in [-0.15, -0.1) is 0 Å². The normalized spacial score (nSPS) is 11.1. The van der Waals surface area contributed by atoms with Crippen LogP contribution in [-0.4, -0.2) is 19.7 Å². The molecule has 0 fully saturated rings. The third-order valence-electron chi connectivity index (χ3n) is 3.37. The lowest BCUT2D eigenvalue weighted by Gasteiger charge is -2.07. The number of hydrogen-bond donors (Lipinski definition) is 1. The summed E-state index contributed by atoms with van der Waals surface area (Å²) in [6.07, 6.45) is 1.47. The second-order valence-corrected chi connectivity index (χ2v) is 4.70. The number of nitrogens with zero attached hydrogens (tertiary/aromatic N) is 4. The molecule has 0 spiro atoms. The number of hydrogen-bond acceptors (Lipinski definition) is 4. The Morgan fingerprint density at radius 1 is 1.11 bits per heavy atom. The molecule has 0 radical (unpaired) electrons. The molecule has 0 unspecified atom stereocenters. The number of aryl methyl sites for hydroxylation is 3. The Balaban J connectivity index is 2.44. The molecular formula is C14H15N5. The van der Waals surface area contributed by atoms with E-state index in [0.717, 1.165) is 22.3 Å². The molecule has 96 valence electrons. The van der Waals surface area contributed by atoms with Gasteiger partial charge in [0.25, 0.3) is 0 Å². The first-order chi connectivity index (χ1) is 9.09. The number of anilines is 1. The maximum atomic E-state index is 6.00. The predicted molar refractivity (Wildman–Crippen MR) is 75.6 cm³/mol. The van der Waals surface area contributed by atoms with Crippen LogP contribution in [-0.2, 0) is 7.05 Å². The van der Waals surface area contributed by atoms with Crippen molar-refractivity contribution in [2.75, 3.05) is 5.73 Å². The van der Waals surface area contributed by atoms with Crippen molar-refractivity contribution in [1.29, 1.82) is 0 Å². The topological polar surface area (TPSA) is 69.6 Å². The van der Waals surface area contributed by atoms with Gasteiger partial charge in [0.1, 0.15) is 17.8 Å². The van der Waals surface area contributed by atoms with E-state index < -0.39 is 0 Å². The van der Waals surface area contributed by atoms with Gasteiger partial charge in [-0.05, 0) is 25.0 Å². The van der Waals surface area contributed by atoms with Crippen molar-refractivity contribution in [3.63, 3.8) is 0 Å². The third kappa shape index (κ3) is 1.66. The Kier molecular flexibility index (Phi) is 2.48. The molecule has 5 nitrogen and oxygen atoms in total. The van der Waals surface area contributed by atoms with Gasteiger partial charge in [0.05, 0.1) is 5.39 Å². The first-order valence-corrected chi connectivity index (χ1v) is 6.09. The Labute approximate surface area is 111 Å². The fourth-order valence-electron chi connectivity index (χ4n) is 2.47. The average molecular weight is 253 g/mol. The van der Waals surface area contributed by atoms with Gasteiger partial charge >= 0.3 is 0 Å². The van der Waals surface area contributed by atoms with Crippen molar-refractivity contribution in [3.05, 3.63) is 35.7 Å². The second kappa shape index (κ2) is 4.05. The molecule has 5 heteroatoms. The first kappa shape index (κ1) is 11.6. The smallest absolute Gasteiger partial charge is 0.163 e. The predicted octanol–water partition coefficient (Wildman–Crippen LogP) is 2.23. The largest absolute Gasteiger partial charge is 0.383 e. The van der Waals surface area contributed by atoms with Gasteiger partial charge in [-0.1, -0.05) is 18.2 Å². The molecule has 2 heterocycles. The van der Waals surface area contributed by atoms with E-state index in [1.54, 1.807) is 4.68 Å². The summed E-state index contributed by atoms with van der Waals surface area (Å²) < 4.78 is 1.74. The Hall–Kier alpha value is -2.43. The molecule has 0 aliphatic carbocycles. The molecule has 3 rings (SSSR count). The molecule has 0 aliphatic rings. The van der Waals surface area contributed by atoms with Gasteiger partial charge in [-0.3, -0.25) is 0 Å². The van der Waals surface area contributed by atoms with Gasteiger partial charge in [-0.2, -0.15) is 5.10 Å². The molecule has 0 atom stereocenters. The number of fused-ring (bicyclic) bond motifs is 1. The van der Waals surface area contributed by atoms with E-state index in [9.17, 15) is 0 Å². The van der Waals surface area contributed by atoms with Crippen molar-refractivity contribution in [3.8, 4) is 11.3 Å². The molecule has 2 aromatic heterocycles. The summed E-state index contributed by atoms with van der Waals surface area (Å²) in [5.74, 6) is 0.468. The highest BCUT2D eigenvalue weighted by molar-refractivity contribution is 5.99. The fraction of sp³-hybridized carbons (Fsp3) is 0.214. The van der Waals surface area contributed by atoms with Crippen molar-refractivity contribution < 1.29 is 0 Å². The van der Waals surface area contributed by atoms with Gasteiger partial charge < -0.3 is 5.73 Å². The van der Waals surface area contributed by atoms with Crippen LogP contribution in [0.15, 0.2) is 24.5 Å². The monoisotopic (exact) mass is 253 g/mol. The maximum Gasteiger partial charge on any atom is 0.163 e. The molecule has 0 saturated heterocycles. The van der Waals surface area contributed by atoms with Gasteiger partial charge in [-0.25, -0.2) is 14.6 Å². The molecule has 0 amide bonds. The van der Waals surface area contributed by atoms with Crippen LogP contribution in [0, 0.1) is 13.8 Å². The van der Waals surface area contributed by atoms with E-state index in [0.29, 0.717) is 5.82 Å². The van der Waals surface area contributed by atoms with Crippen molar-refractivity contribution in [2.45, 2.75) is 13.8 Å². The van der Waals surface area contributed by atoms with E-state index in [2.05, 4.69) is 41.0 Å². The highest BCUT2D eigenvalue weighted by Gasteiger charge is 2.17. The number of nitrogen functional groups attached to an aromatic ring is 1. The highest BCUT2D eigenvalue weighted by Crippen LogP contribution is 2.33. The zero-order valence-electron chi connectivity index (χ0n) is 11.2. The number of rotatable bonds is 1. The van der Waals surface area contributed by atoms with Crippen molar-refractivity contribution >= 4 is 16.9 Å². The lowest BCUT2D eigenvalue weighted by atomic mass is 9.98. The summed E-state index contributed by atoms with van der Waals surface area (Å²) in [4.78, 5) is 8.34. The molecule has 19 heavy (non-hydrogen) atoms.